The average Bonchev–Trinajstić information content (AvgIpc) is 2.34. The zero-order chi connectivity index (χ0) is 13.1. The second-order valence-corrected chi connectivity index (χ2v) is 5.15. The van der Waals surface area contributed by atoms with Crippen LogP contribution >= 0.6 is 15.9 Å². The highest BCUT2D eigenvalue weighted by atomic mass is 79.9. The number of benzene rings is 2. The molecule has 94 valence electrons. The monoisotopic (exact) mass is 306 g/mol. The summed E-state index contributed by atoms with van der Waals surface area (Å²) in [6.07, 6.45) is 0. The predicted octanol–water partition coefficient (Wildman–Crippen LogP) is 4.35. The zero-order valence-corrected chi connectivity index (χ0v) is 12.0. The summed E-state index contributed by atoms with van der Waals surface area (Å²) in [5, 5.41) is 8.99. The number of halogens is 1. The van der Waals surface area contributed by atoms with Crippen molar-refractivity contribution in [2.45, 2.75) is 20.5 Å². The SMILES string of the molecule is Cc1cc(C)c(Oc2ccc(CO)cc2)c(Br)c1. The highest BCUT2D eigenvalue weighted by Crippen LogP contribution is 2.34. The van der Waals surface area contributed by atoms with Crippen LogP contribution in [0.15, 0.2) is 40.9 Å². The van der Waals surface area contributed by atoms with Gasteiger partial charge < -0.3 is 9.84 Å². The van der Waals surface area contributed by atoms with Crippen molar-refractivity contribution in [2.24, 2.45) is 0 Å². The van der Waals surface area contributed by atoms with E-state index in [0.29, 0.717) is 0 Å². The molecule has 1 N–H and O–H groups in total. The van der Waals surface area contributed by atoms with Crippen molar-refractivity contribution >= 4 is 15.9 Å². The van der Waals surface area contributed by atoms with Gasteiger partial charge in [0.25, 0.3) is 0 Å². The Bertz CT molecular complexity index is 524. The van der Waals surface area contributed by atoms with Crippen LogP contribution in [0.2, 0.25) is 0 Å². The smallest absolute Gasteiger partial charge is 0.144 e. The summed E-state index contributed by atoms with van der Waals surface area (Å²) in [6.45, 7) is 4.13. The van der Waals surface area contributed by atoms with Crippen LogP contribution in [0.1, 0.15) is 16.7 Å². The Morgan fingerprint density at radius 3 is 2.33 bits per heavy atom. The average molecular weight is 307 g/mol. The van der Waals surface area contributed by atoms with Crippen molar-refractivity contribution < 1.29 is 9.84 Å². The Morgan fingerprint density at radius 2 is 1.78 bits per heavy atom. The van der Waals surface area contributed by atoms with Crippen molar-refractivity contribution in [3.63, 3.8) is 0 Å². The molecule has 2 nitrogen and oxygen atoms in total. The molecule has 0 bridgehead atoms. The minimum atomic E-state index is 0.0491. The van der Waals surface area contributed by atoms with Crippen LogP contribution in [0.25, 0.3) is 0 Å². The van der Waals surface area contributed by atoms with E-state index in [4.69, 9.17) is 9.84 Å². The van der Waals surface area contributed by atoms with Crippen LogP contribution in [0.4, 0.5) is 0 Å². The van der Waals surface area contributed by atoms with Gasteiger partial charge in [0.2, 0.25) is 0 Å². The lowest BCUT2D eigenvalue weighted by Crippen LogP contribution is -1.91. The molecule has 0 aliphatic rings. The van der Waals surface area contributed by atoms with E-state index in [1.807, 2.05) is 37.3 Å². The first kappa shape index (κ1) is 13.1. The Kier molecular flexibility index (Phi) is 4.04. The lowest BCUT2D eigenvalue weighted by molar-refractivity contribution is 0.281. The molecule has 0 aliphatic heterocycles. The van der Waals surface area contributed by atoms with Gasteiger partial charge >= 0.3 is 0 Å². The second-order valence-electron chi connectivity index (χ2n) is 4.30. The molecule has 0 saturated heterocycles. The highest BCUT2D eigenvalue weighted by molar-refractivity contribution is 9.10. The minimum Gasteiger partial charge on any atom is -0.456 e. The molecule has 2 aromatic carbocycles. The summed E-state index contributed by atoms with van der Waals surface area (Å²) in [6, 6.07) is 11.5. The first-order valence-corrected chi connectivity index (χ1v) is 6.54. The quantitative estimate of drug-likeness (QED) is 0.913. The number of rotatable bonds is 3. The van der Waals surface area contributed by atoms with Gasteiger partial charge in [-0.15, -0.1) is 0 Å². The summed E-state index contributed by atoms with van der Waals surface area (Å²) in [5.41, 5.74) is 3.16. The van der Waals surface area contributed by atoms with E-state index in [0.717, 1.165) is 27.1 Å². The number of ether oxygens (including phenoxy) is 1. The van der Waals surface area contributed by atoms with Crippen molar-refractivity contribution in [1.82, 2.24) is 0 Å². The van der Waals surface area contributed by atoms with E-state index in [2.05, 4.69) is 28.9 Å². The van der Waals surface area contributed by atoms with Gasteiger partial charge in [0.05, 0.1) is 11.1 Å². The zero-order valence-electron chi connectivity index (χ0n) is 10.4. The summed E-state index contributed by atoms with van der Waals surface area (Å²) >= 11 is 3.52. The second kappa shape index (κ2) is 5.55. The molecule has 3 heteroatoms. The van der Waals surface area contributed by atoms with Crippen molar-refractivity contribution in [3.8, 4) is 11.5 Å². The maximum absolute atomic E-state index is 8.99. The normalized spacial score (nSPS) is 10.4. The Balaban J connectivity index is 2.28. The van der Waals surface area contributed by atoms with E-state index >= 15 is 0 Å². The van der Waals surface area contributed by atoms with Crippen LogP contribution in [0.5, 0.6) is 11.5 Å². The fourth-order valence-electron chi connectivity index (χ4n) is 1.81. The van der Waals surface area contributed by atoms with E-state index in [1.54, 1.807) is 0 Å². The van der Waals surface area contributed by atoms with Gasteiger partial charge in [-0.05, 0) is 64.7 Å². The molecular formula is C15H15BrO2. The maximum Gasteiger partial charge on any atom is 0.144 e. The highest BCUT2D eigenvalue weighted by Gasteiger charge is 2.07. The van der Waals surface area contributed by atoms with Gasteiger partial charge in [-0.3, -0.25) is 0 Å². The minimum absolute atomic E-state index is 0.0491. The topological polar surface area (TPSA) is 29.5 Å². The van der Waals surface area contributed by atoms with Crippen molar-refractivity contribution in [1.29, 1.82) is 0 Å². The maximum atomic E-state index is 8.99. The van der Waals surface area contributed by atoms with Gasteiger partial charge in [0, 0.05) is 0 Å². The number of aryl methyl sites for hydroxylation is 2. The van der Waals surface area contributed by atoms with Crippen LogP contribution in [0.3, 0.4) is 0 Å². The largest absolute Gasteiger partial charge is 0.456 e. The number of aliphatic hydroxyl groups excluding tert-OH is 1. The van der Waals surface area contributed by atoms with Crippen LogP contribution in [-0.2, 0) is 6.61 Å². The van der Waals surface area contributed by atoms with Gasteiger partial charge in [-0.1, -0.05) is 18.2 Å². The molecule has 0 unspecified atom stereocenters. The van der Waals surface area contributed by atoms with Crippen LogP contribution in [-0.4, -0.2) is 5.11 Å². The van der Waals surface area contributed by atoms with Gasteiger partial charge in [-0.25, -0.2) is 0 Å². The summed E-state index contributed by atoms with van der Waals surface area (Å²) < 4.78 is 6.82. The molecular weight excluding hydrogens is 292 g/mol. The number of aliphatic hydroxyl groups is 1. The molecule has 0 fully saturated rings. The fourth-order valence-corrected chi connectivity index (χ4v) is 2.57. The van der Waals surface area contributed by atoms with E-state index in [9.17, 15) is 0 Å². The van der Waals surface area contributed by atoms with Gasteiger partial charge in [-0.2, -0.15) is 0 Å². The van der Waals surface area contributed by atoms with E-state index < -0.39 is 0 Å². The Hall–Kier alpha value is -1.32. The molecule has 0 atom stereocenters. The van der Waals surface area contributed by atoms with Crippen LogP contribution < -0.4 is 4.74 Å². The Morgan fingerprint density at radius 1 is 1.11 bits per heavy atom. The first-order valence-electron chi connectivity index (χ1n) is 5.74. The van der Waals surface area contributed by atoms with Gasteiger partial charge in [0.1, 0.15) is 11.5 Å². The first-order chi connectivity index (χ1) is 8.60. The van der Waals surface area contributed by atoms with Crippen molar-refractivity contribution in [2.75, 3.05) is 0 Å². The molecule has 18 heavy (non-hydrogen) atoms. The third kappa shape index (κ3) is 2.92. The molecule has 0 aliphatic carbocycles. The predicted molar refractivity (Wildman–Crippen MR) is 76.1 cm³/mol. The molecule has 2 rings (SSSR count). The molecule has 0 radical (unpaired) electrons. The van der Waals surface area contributed by atoms with Crippen LogP contribution in [0, 0.1) is 13.8 Å². The fraction of sp³-hybridized carbons (Fsp3) is 0.200. The summed E-state index contributed by atoms with van der Waals surface area (Å²) in [5.74, 6) is 1.59. The lowest BCUT2D eigenvalue weighted by Gasteiger charge is -2.12. The van der Waals surface area contributed by atoms with Gasteiger partial charge in [0.15, 0.2) is 0 Å². The Labute approximate surface area is 115 Å². The molecule has 2 aromatic rings. The van der Waals surface area contributed by atoms with E-state index in [1.165, 1.54) is 5.56 Å². The summed E-state index contributed by atoms with van der Waals surface area (Å²) in [7, 11) is 0. The third-order valence-electron chi connectivity index (χ3n) is 2.70. The molecule has 0 aromatic heterocycles. The molecule has 0 saturated carbocycles. The number of hydrogen-bond acceptors (Lipinski definition) is 2. The standard InChI is InChI=1S/C15H15BrO2/c1-10-7-11(2)15(14(16)8-10)18-13-5-3-12(9-17)4-6-13/h3-8,17H,9H2,1-2H3. The van der Waals surface area contributed by atoms with Crippen molar-refractivity contribution in [3.05, 3.63) is 57.6 Å². The third-order valence-corrected chi connectivity index (χ3v) is 3.29. The number of hydrogen-bond donors (Lipinski definition) is 1. The summed E-state index contributed by atoms with van der Waals surface area (Å²) in [4.78, 5) is 0. The van der Waals surface area contributed by atoms with E-state index in [-0.39, 0.29) is 6.61 Å². The molecule has 0 spiro atoms. The lowest BCUT2D eigenvalue weighted by atomic mass is 10.1. The molecule has 0 heterocycles. The molecule has 0 amide bonds.